The van der Waals surface area contributed by atoms with Gasteiger partial charge in [-0.15, -0.1) is 0 Å². The molecule has 1 aliphatic carbocycles. The third kappa shape index (κ3) is 3.14. The molecule has 0 unspecified atom stereocenters. The number of fused-ring (bicyclic) bond motifs is 8. The van der Waals surface area contributed by atoms with Crippen LogP contribution in [-0.4, -0.2) is 14.2 Å². The van der Waals surface area contributed by atoms with Crippen molar-refractivity contribution in [3.63, 3.8) is 0 Å². The third-order valence-electron chi connectivity index (χ3n) is 7.72. The quantitative estimate of drug-likeness (QED) is 0.257. The first-order chi connectivity index (χ1) is 18.2. The molecular formula is C34H26O3. The van der Waals surface area contributed by atoms with E-state index in [2.05, 4.69) is 97.1 Å². The van der Waals surface area contributed by atoms with Crippen LogP contribution in [-0.2, 0) is 12.0 Å². The summed E-state index contributed by atoms with van der Waals surface area (Å²) in [5.74, 6) is 2.36. The Labute approximate surface area is 216 Å². The van der Waals surface area contributed by atoms with Gasteiger partial charge in [0.1, 0.15) is 5.75 Å². The maximum atomic E-state index is 7.27. The second-order valence-corrected chi connectivity index (χ2v) is 9.59. The van der Waals surface area contributed by atoms with Crippen molar-refractivity contribution in [3.8, 4) is 28.4 Å². The Hall–Kier alpha value is -4.50. The Kier molecular flexibility index (Phi) is 4.87. The topological polar surface area (TPSA) is 27.7 Å². The average molecular weight is 483 g/mol. The van der Waals surface area contributed by atoms with E-state index in [4.69, 9.17) is 14.2 Å². The van der Waals surface area contributed by atoms with E-state index in [0.29, 0.717) is 5.75 Å². The summed E-state index contributed by atoms with van der Waals surface area (Å²) in [4.78, 5) is 0. The molecule has 3 nitrogen and oxygen atoms in total. The normalized spacial score (nSPS) is 14.4. The van der Waals surface area contributed by atoms with Gasteiger partial charge in [0, 0.05) is 22.3 Å². The van der Waals surface area contributed by atoms with Crippen molar-refractivity contribution < 1.29 is 14.2 Å². The summed E-state index contributed by atoms with van der Waals surface area (Å²) in [7, 11) is 3.37. The summed E-state index contributed by atoms with van der Waals surface area (Å²) in [5.41, 5.74) is 7.48. The lowest BCUT2D eigenvalue weighted by Crippen LogP contribution is -2.34. The van der Waals surface area contributed by atoms with E-state index in [0.717, 1.165) is 40.0 Å². The first-order valence-corrected chi connectivity index (χ1v) is 12.6. The van der Waals surface area contributed by atoms with E-state index in [1.165, 1.54) is 27.6 Å². The molecule has 0 saturated carbocycles. The molecule has 0 aromatic heterocycles. The molecule has 0 spiro atoms. The van der Waals surface area contributed by atoms with E-state index in [1.807, 2.05) is 12.1 Å². The van der Waals surface area contributed by atoms with Gasteiger partial charge in [0.2, 0.25) is 0 Å². The summed E-state index contributed by atoms with van der Waals surface area (Å²) in [5, 5.41) is 2.27. The van der Waals surface area contributed by atoms with Gasteiger partial charge in [0.15, 0.2) is 17.1 Å². The highest BCUT2D eigenvalue weighted by Crippen LogP contribution is 2.54. The highest BCUT2D eigenvalue weighted by atomic mass is 16.5. The molecule has 2 aliphatic rings. The van der Waals surface area contributed by atoms with Gasteiger partial charge in [0.25, 0.3) is 0 Å². The van der Waals surface area contributed by atoms with E-state index < -0.39 is 5.60 Å². The van der Waals surface area contributed by atoms with Crippen molar-refractivity contribution in [1.82, 2.24) is 0 Å². The second-order valence-electron chi connectivity index (χ2n) is 9.59. The van der Waals surface area contributed by atoms with Crippen LogP contribution in [0.15, 0.2) is 103 Å². The third-order valence-corrected chi connectivity index (χ3v) is 7.72. The molecule has 3 heteroatoms. The first kappa shape index (κ1) is 21.8. The minimum Gasteiger partial charge on any atom is -0.493 e. The zero-order valence-corrected chi connectivity index (χ0v) is 20.8. The number of benzene rings is 5. The zero-order valence-electron chi connectivity index (χ0n) is 20.8. The van der Waals surface area contributed by atoms with E-state index in [9.17, 15) is 0 Å². The molecule has 0 fully saturated rings. The van der Waals surface area contributed by atoms with Crippen LogP contribution in [0.25, 0.3) is 28.0 Å². The maximum Gasteiger partial charge on any atom is 0.178 e. The van der Waals surface area contributed by atoms with Crippen LogP contribution in [0, 0.1) is 0 Å². The van der Waals surface area contributed by atoms with Gasteiger partial charge in [-0.3, -0.25) is 0 Å². The van der Waals surface area contributed by atoms with Crippen molar-refractivity contribution in [3.05, 3.63) is 131 Å². The smallest absolute Gasteiger partial charge is 0.178 e. The molecule has 37 heavy (non-hydrogen) atoms. The molecule has 7 rings (SSSR count). The molecule has 0 radical (unpaired) electrons. The molecule has 0 atom stereocenters. The van der Waals surface area contributed by atoms with Crippen LogP contribution in [0.1, 0.15) is 27.8 Å². The Morgan fingerprint density at radius 1 is 0.703 bits per heavy atom. The Bertz CT molecular complexity index is 1640. The van der Waals surface area contributed by atoms with Crippen LogP contribution in [0.4, 0.5) is 0 Å². The van der Waals surface area contributed by atoms with Crippen LogP contribution in [0.5, 0.6) is 17.2 Å². The SMILES string of the molecule is COc1cc2c3c(c4c(c2cc1OC)Cc1ccccc1-4)OC(c1ccccc1)(c1ccccc1)C=C3. The van der Waals surface area contributed by atoms with Gasteiger partial charge in [-0.2, -0.15) is 0 Å². The molecule has 180 valence electrons. The van der Waals surface area contributed by atoms with E-state index in [-0.39, 0.29) is 0 Å². The predicted octanol–water partition coefficient (Wildman–Crippen LogP) is 7.78. The second kappa shape index (κ2) is 8.28. The fourth-order valence-corrected chi connectivity index (χ4v) is 5.97. The minimum atomic E-state index is -0.745. The zero-order chi connectivity index (χ0) is 25.0. The van der Waals surface area contributed by atoms with E-state index in [1.54, 1.807) is 14.2 Å². The van der Waals surface area contributed by atoms with Gasteiger partial charge in [-0.1, -0.05) is 84.9 Å². The highest BCUT2D eigenvalue weighted by molar-refractivity contribution is 6.06. The van der Waals surface area contributed by atoms with Crippen molar-refractivity contribution >= 4 is 16.8 Å². The highest BCUT2D eigenvalue weighted by Gasteiger charge is 2.40. The van der Waals surface area contributed by atoms with Crippen LogP contribution >= 0.6 is 0 Å². The van der Waals surface area contributed by atoms with Crippen LogP contribution in [0.3, 0.4) is 0 Å². The van der Waals surface area contributed by atoms with Gasteiger partial charge in [0.05, 0.1) is 14.2 Å². The summed E-state index contributed by atoms with van der Waals surface area (Å²) >= 11 is 0. The van der Waals surface area contributed by atoms with Crippen molar-refractivity contribution in [2.75, 3.05) is 14.2 Å². The molecule has 5 aromatic carbocycles. The monoisotopic (exact) mass is 482 g/mol. The maximum absolute atomic E-state index is 7.27. The molecule has 0 N–H and O–H groups in total. The number of ether oxygens (including phenoxy) is 3. The molecule has 0 saturated heterocycles. The molecule has 0 bridgehead atoms. The number of rotatable bonds is 4. The Morgan fingerprint density at radius 3 is 1.95 bits per heavy atom. The fraction of sp³-hybridized carbons (Fsp3) is 0.118. The molecule has 0 amide bonds. The first-order valence-electron chi connectivity index (χ1n) is 12.6. The molecule has 5 aromatic rings. The number of hydrogen-bond acceptors (Lipinski definition) is 3. The minimum absolute atomic E-state index is 0.712. The number of methoxy groups -OCH3 is 2. The Balaban J connectivity index is 1.58. The van der Waals surface area contributed by atoms with Crippen LogP contribution in [0.2, 0.25) is 0 Å². The molecular weight excluding hydrogens is 456 g/mol. The lowest BCUT2D eigenvalue weighted by atomic mass is 9.82. The number of hydrogen-bond donors (Lipinski definition) is 0. The van der Waals surface area contributed by atoms with Crippen LogP contribution < -0.4 is 14.2 Å². The van der Waals surface area contributed by atoms with E-state index >= 15 is 0 Å². The van der Waals surface area contributed by atoms with Gasteiger partial charge >= 0.3 is 0 Å². The van der Waals surface area contributed by atoms with Gasteiger partial charge in [-0.05, 0) is 58.2 Å². The summed E-state index contributed by atoms with van der Waals surface area (Å²) in [6.45, 7) is 0. The van der Waals surface area contributed by atoms with Gasteiger partial charge < -0.3 is 14.2 Å². The van der Waals surface area contributed by atoms with Crippen molar-refractivity contribution in [2.24, 2.45) is 0 Å². The summed E-state index contributed by atoms with van der Waals surface area (Å²) in [6.07, 6.45) is 5.28. The van der Waals surface area contributed by atoms with Crippen molar-refractivity contribution in [2.45, 2.75) is 12.0 Å². The Morgan fingerprint density at radius 2 is 1.30 bits per heavy atom. The predicted molar refractivity (Wildman–Crippen MR) is 149 cm³/mol. The van der Waals surface area contributed by atoms with Crippen molar-refractivity contribution in [1.29, 1.82) is 0 Å². The lowest BCUT2D eigenvalue weighted by Gasteiger charge is -2.37. The standard InChI is InChI=1S/C34H26O3/c1-35-30-20-27-26-17-18-34(23-12-5-3-6-13-23,24-14-7-4-8-15-24)37-33(26)32-25-16-10-9-11-22(25)19-29(32)28(27)21-31(30)36-2/h3-18,20-21H,19H2,1-2H3. The summed E-state index contributed by atoms with van der Waals surface area (Å²) in [6, 6.07) is 33.8. The molecule has 1 heterocycles. The van der Waals surface area contributed by atoms with Gasteiger partial charge in [-0.25, -0.2) is 0 Å². The summed E-state index contributed by atoms with van der Waals surface area (Å²) < 4.78 is 18.7. The fourth-order valence-electron chi connectivity index (χ4n) is 5.97. The average Bonchev–Trinajstić information content (AvgIpc) is 3.37. The lowest BCUT2D eigenvalue weighted by molar-refractivity contribution is 0.162. The largest absolute Gasteiger partial charge is 0.493 e. The molecule has 1 aliphatic heterocycles.